The van der Waals surface area contributed by atoms with Crippen molar-refractivity contribution in [3.8, 4) is 0 Å². The molecule has 0 heterocycles. The van der Waals surface area contributed by atoms with Crippen molar-refractivity contribution >= 4 is 11.4 Å². The van der Waals surface area contributed by atoms with E-state index in [-0.39, 0.29) is 0 Å². The zero-order valence-corrected chi connectivity index (χ0v) is 11.2. The number of anilines is 2. The van der Waals surface area contributed by atoms with Gasteiger partial charge in [0.2, 0.25) is 0 Å². The van der Waals surface area contributed by atoms with Crippen molar-refractivity contribution in [2.24, 2.45) is 0 Å². The third kappa shape index (κ3) is 3.04. The van der Waals surface area contributed by atoms with Gasteiger partial charge in [-0.1, -0.05) is 24.3 Å². The van der Waals surface area contributed by atoms with E-state index < -0.39 is 0 Å². The van der Waals surface area contributed by atoms with Crippen LogP contribution >= 0.6 is 0 Å². The van der Waals surface area contributed by atoms with Gasteiger partial charge >= 0.3 is 0 Å². The topological polar surface area (TPSA) is 24.1 Å². The third-order valence-electron chi connectivity index (χ3n) is 3.12. The monoisotopic (exact) mass is 240 g/mol. The maximum Gasteiger partial charge on any atom is 0.0400 e. The molecular formula is C16H20N2. The Morgan fingerprint density at radius 1 is 0.944 bits per heavy atom. The van der Waals surface area contributed by atoms with Crippen LogP contribution in [0.3, 0.4) is 0 Å². The first kappa shape index (κ1) is 12.5. The van der Waals surface area contributed by atoms with Gasteiger partial charge in [0, 0.05) is 25.0 Å². The first-order chi connectivity index (χ1) is 8.69. The highest BCUT2D eigenvalue weighted by Gasteiger charge is 1.99. The summed E-state index contributed by atoms with van der Waals surface area (Å²) >= 11 is 0. The summed E-state index contributed by atoms with van der Waals surface area (Å²) in [5.74, 6) is 0. The Labute approximate surface area is 109 Å². The Morgan fingerprint density at radius 2 is 1.67 bits per heavy atom. The van der Waals surface area contributed by atoms with Crippen molar-refractivity contribution < 1.29 is 0 Å². The second-order valence-corrected chi connectivity index (χ2v) is 4.62. The average molecular weight is 240 g/mol. The Bertz CT molecular complexity index is 515. The molecule has 0 aliphatic heterocycles. The first-order valence-corrected chi connectivity index (χ1v) is 6.27. The highest BCUT2D eigenvalue weighted by molar-refractivity contribution is 5.53. The molecule has 0 amide bonds. The predicted molar refractivity (Wildman–Crippen MR) is 79.2 cm³/mol. The molecule has 0 aliphatic carbocycles. The van der Waals surface area contributed by atoms with Crippen LogP contribution in [0.2, 0.25) is 0 Å². The van der Waals surface area contributed by atoms with E-state index in [2.05, 4.69) is 66.9 Å². The molecule has 0 aromatic heterocycles. The van der Waals surface area contributed by atoms with Crippen molar-refractivity contribution in [2.45, 2.75) is 20.4 Å². The van der Waals surface area contributed by atoms with E-state index >= 15 is 0 Å². The lowest BCUT2D eigenvalue weighted by molar-refractivity contribution is 1.14. The maximum atomic E-state index is 3.49. The summed E-state index contributed by atoms with van der Waals surface area (Å²) in [5, 5.41) is 6.61. The number of benzene rings is 2. The zero-order chi connectivity index (χ0) is 13.0. The Morgan fingerprint density at radius 3 is 2.33 bits per heavy atom. The Balaban J connectivity index is 2.04. The molecule has 0 saturated heterocycles. The van der Waals surface area contributed by atoms with Gasteiger partial charge in [0.25, 0.3) is 0 Å². The standard InChI is InChI=1S/C16H20N2/c1-12-4-5-13(2)16(10-12)18-11-14-6-8-15(17-3)9-7-14/h4-10,17-18H,11H2,1-3H3. The first-order valence-electron chi connectivity index (χ1n) is 6.27. The molecule has 2 aromatic rings. The molecule has 2 N–H and O–H groups in total. The summed E-state index contributed by atoms with van der Waals surface area (Å²) < 4.78 is 0. The molecular weight excluding hydrogens is 220 g/mol. The number of aryl methyl sites for hydroxylation is 2. The number of hydrogen-bond donors (Lipinski definition) is 2. The Hall–Kier alpha value is -1.96. The zero-order valence-electron chi connectivity index (χ0n) is 11.2. The molecule has 2 rings (SSSR count). The number of rotatable bonds is 4. The smallest absolute Gasteiger partial charge is 0.0400 e. The SMILES string of the molecule is CNc1ccc(CNc2cc(C)ccc2C)cc1. The summed E-state index contributed by atoms with van der Waals surface area (Å²) in [7, 11) is 1.93. The lowest BCUT2D eigenvalue weighted by atomic mass is 10.1. The summed E-state index contributed by atoms with van der Waals surface area (Å²) in [6.07, 6.45) is 0. The van der Waals surface area contributed by atoms with Gasteiger partial charge in [-0.25, -0.2) is 0 Å². The van der Waals surface area contributed by atoms with E-state index in [1.54, 1.807) is 0 Å². The predicted octanol–water partition coefficient (Wildman–Crippen LogP) is 3.96. The highest BCUT2D eigenvalue weighted by Crippen LogP contribution is 2.17. The van der Waals surface area contributed by atoms with E-state index in [1.165, 1.54) is 22.4 Å². The van der Waals surface area contributed by atoms with Crippen molar-refractivity contribution in [2.75, 3.05) is 17.7 Å². The van der Waals surface area contributed by atoms with E-state index in [0.717, 1.165) is 12.2 Å². The van der Waals surface area contributed by atoms with Gasteiger partial charge in [0.05, 0.1) is 0 Å². The van der Waals surface area contributed by atoms with Gasteiger partial charge in [-0.3, -0.25) is 0 Å². The molecule has 0 fully saturated rings. The minimum atomic E-state index is 0.855. The van der Waals surface area contributed by atoms with Gasteiger partial charge in [0.15, 0.2) is 0 Å². The van der Waals surface area contributed by atoms with Crippen molar-refractivity contribution in [1.29, 1.82) is 0 Å². The Kier molecular flexibility index (Phi) is 3.88. The van der Waals surface area contributed by atoms with Crippen molar-refractivity contribution in [1.82, 2.24) is 0 Å². The van der Waals surface area contributed by atoms with Crippen LogP contribution in [0.1, 0.15) is 16.7 Å². The van der Waals surface area contributed by atoms with E-state index in [1.807, 2.05) is 7.05 Å². The second kappa shape index (κ2) is 5.58. The molecule has 0 radical (unpaired) electrons. The van der Waals surface area contributed by atoms with Crippen LogP contribution < -0.4 is 10.6 Å². The van der Waals surface area contributed by atoms with Crippen LogP contribution in [0.4, 0.5) is 11.4 Å². The minimum Gasteiger partial charge on any atom is -0.388 e. The molecule has 0 aliphatic rings. The quantitative estimate of drug-likeness (QED) is 0.845. The van der Waals surface area contributed by atoms with Gasteiger partial charge in [-0.2, -0.15) is 0 Å². The molecule has 18 heavy (non-hydrogen) atoms. The van der Waals surface area contributed by atoms with Crippen LogP contribution in [-0.4, -0.2) is 7.05 Å². The molecule has 94 valence electrons. The van der Waals surface area contributed by atoms with E-state index in [0.29, 0.717) is 0 Å². The van der Waals surface area contributed by atoms with E-state index in [4.69, 9.17) is 0 Å². The van der Waals surface area contributed by atoms with Crippen LogP contribution in [0.25, 0.3) is 0 Å². The van der Waals surface area contributed by atoms with E-state index in [9.17, 15) is 0 Å². The molecule has 2 heteroatoms. The van der Waals surface area contributed by atoms with Gasteiger partial charge in [-0.15, -0.1) is 0 Å². The molecule has 0 saturated carbocycles. The van der Waals surface area contributed by atoms with Gasteiger partial charge in [-0.05, 0) is 48.7 Å². The van der Waals surface area contributed by atoms with Crippen molar-refractivity contribution in [3.05, 3.63) is 59.2 Å². The molecule has 0 atom stereocenters. The molecule has 2 aromatic carbocycles. The fourth-order valence-electron chi connectivity index (χ4n) is 1.91. The van der Waals surface area contributed by atoms with Crippen LogP contribution in [0.5, 0.6) is 0 Å². The fraction of sp³-hybridized carbons (Fsp3) is 0.250. The third-order valence-corrected chi connectivity index (χ3v) is 3.12. The summed E-state index contributed by atoms with van der Waals surface area (Å²) in [6, 6.07) is 15.0. The lowest BCUT2D eigenvalue weighted by Crippen LogP contribution is -2.01. The number of nitrogens with one attached hydrogen (secondary N) is 2. The van der Waals surface area contributed by atoms with Gasteiger partial charge < -0.3 is 10.6 Å². The lowest BCUT2D eigenvalue weighted by Gasteiger charge is -2.11. The maximum absolute atomic E-state index is 3.49. The molecule has 0 spiro atoms. The summed E-state index contributed by atoms with van der Waals surface area (Å²) in [6.45, 7) is 5.10. The van der Waals surface area contributed by atoms with Crippen LogP contribution in [0.15, 0.2) is 42.5 Å². The molecule has 0 bridgehead atoms. The summed E-state index contributed by atoms with van der Waals surface area (Å²) in [5.41, 5.74) is 6.22. The van der Waals surface area contributed by atoms with Crippen LogP contribution in [0, 0.1) is 13.8 Å². The second-order valence-electron chi connectivity index (χ2n) is 4.62. The molecule has 0 unspecified atom stereocenters. The fourth-order valence-corrected chi connectivity index (χ4v) is 1.91. The van der Waals surface area contributed by atoms with Gasteiger partial charge in [0.1, 0.15) is 0 Å². The normalized spacial score (nSPS) is 10.2. The average Bonchev–Trinajstić information content (AvgIpc) is 2.40. The van der Waals surface area contributed by atoms with Crippen LogP contribution in [-0.2, 0) is 6.54 Å². The van der Waals surface area contributed by atoms with Crippen molar-refractivity contribution in [3.63, 3.8) is 0 Å². The summed E-state index contributed by atoms with van der Waals surface area (Å²) in [4.78, 5) is 0. The highest BCUT2D eigenvalue weighted by atomic mass is 14.9. The molecule has 2 nitrogen and oxygen atoms in total. The number of hydrogen-bond acceptors (Lipinski definition) is 2. The largest absolute Gasteiger partial charge is 0.388 e. The minimum absolute atomic E-state index is 0.855.